The third kappa shape index (κ3) is 3.01. The Balaban J connectivity index is 1.69. The second-order valence-corrected chi connectivity index (χ2v) is 7.46. The Morgan fingerprint density at radius 2 is 2.08 bits per heavy atom. The fourth-order valence-corrected chi connectivity index (χ4v) is 4.15. The summed E-state index contributed by atoms with van der Waals surface area (Å²) >= 11 is 1.61. The van der Waals surface area contributed by atoms with Gasteiger partial charge in [-0.25, -0.2) is 9.98 Å². The summed E-state index contributed by atoms with van der Waals surface area (Å²) in [4.78, 5) is 13.2. The quantitative estimate of drug-likeness (QED) is 0.591. The maximum Gasteiger partial charge on any atom is 0.208 e. The molecule has 0 N–H and O–H groups in total. The molecule has 0 saturated carbocycles. The van der Waals surface area contributed by atoms with E-state index in [1.165, 1.54) is 0 Å². The van der Waals surface area contributed by atoms with Crippen molar-refractivity contribution in [3.05, 3.63) is 53.7 Å². The van der Waals surface area contributed by atoms with Crippen LogP contribution in [0.5, 0.6) is 5.75 Å². The molecule has 0 fully saturated rings. The van der Waals surface area contributed by atoms with E-state index < -0.39 is 5.95 Å². The number of rotatable bonds is 3. The highest BCUT2D eigenvalue weighted by molar-refractivity contribution is 7.21. The Morgan fingerprint density at radius 1 is 1.23 bits per heavy atom. The van der Waals surface area contributed by atoms with Crippen molar-refractivity contribution in [2.45, 2.75) is 19.8 Å². The zero-order chi connectivity index (χ0) is 18.3. The average molecular weight is 367 g/mol. The average Bonchev–Trinajstić information content (AvgIpc) is 3.05. The molecule has 3 heterocycles. The van der Waals surface area contributed by atoms with E-state index in [0.717, 1.165) is 37.8 Å². The zero-order valence-electron chi connectivity index (χ0n) is 14.7. The molecule has 26 heavy (non-hydrogen) atoms. The lowest BCUT2D eigenvalue weighted by Crippen LogP contribution is -2.15. The molecule has 0 bridgehead atoms. The number of allylic oxidation sites excluding steroid dienone is 1. The molecule has 1 aliphatic heterocycles. The first-order chi connectivity index (χ1) is 12.5. The number of fused-ring (bicyclic) bond motifs is 1. The molecule has 0 saturated heterocycles. The van der Waals surface area contributed by atoms with Crippen LogP contribution in [0.2, 0.25) is 0 Å². The van der Waals surface area contributed by atoms with Gasteiger partial charge in [-0.3, -0.25) is 4.98 Å². The molecule has 0 spiro atoms. The fraction of sp³-hybridized carbons (Fsp3) is 0.250. The topological polar surface area (TPSA) is 47.4 Å². The molecule has 2 unspecified atom stereocenters. The molecular weight excluding hydrogens is 349 g/mol. The van der Waals surface area contributed by atoms with Gasteiger partial charge in [-0.2, -0.15) is 4.39 Å². The zero-order valence-corrected chi connectivity index (χ0v) is 15.5. The first kappa shape index (κ1) is 16.8. The maximum atomic E-state index is 13.3. The molecule has 1 aromatic carbocycles. The van der Waals surface area contributed by atoms with Gasteiger partial charge in [0.1, 0.15) is 10.8 Å². The fourth-order valence-electron chi connectivity index (χ4n) is 3.18. The summed E-state index contributed by atoms with van der Waals surface area (Å²) in [6.45, 7) is 4.00. The van der Waals surface area contributed by atoms with Gasteiger partial charge in [0, 0.05) is 23.9 Å². The number of ether oxygens (including phenoxy) is 1. The van der Waals surface area contributed by atoms with Gasteiger partial charge >= 0.3 is 0 Å². The van der Waals surface area contributed by atoms with E-state index in [1.807, 2.05) is 38.2 Å². The Morgan fingerprint density at radius 3 is 2.81 bits per heavy atom. The highest BCUT2D eigenvalue weighted by Crippen LogP contribution is 2.35. The number of aromatic nitrogens is 2. The standard InChI is InChI=1S/C20H18FN3OS/c1-11-7-18(21)22-10-15(11)19-12(2)6-13(9-23-19)20-24-16-5-4-14(25-3)8-17(16)26-20/h4-11,15H,1-3H3. The van der Waals surface area contributed by atoms with Gasteiger partial charge in [-0.15, -0.1) is 11.3 Å². The monoisotopic (exact) mass is 367 g/mol. The Bertz CT molecular complexity index is 1040. The van der Waals surface area contributed by atoms with E-state index in [4.69, 9.17) is 9.72 Å². The molecule has 2 atom stereocenters. The van der Waals surface area contributed by atoms with Crippen LogP contribution in [0.4, 0.5) is 4.39 Å². The van der Waals surface area contributed by atoms with E-state index in [-0.39, 0.29) is 11.8 Å². The van der Waals surface area contributed by atoms with Crippen molar-refractivity contribution in [1.29, 1.82) is 0 Å². The minimum Gasteiger partial charge on any atom is -0.497 e. The third-order valence-electron chi connectivity index (χ3n) is 4.60. The molecular formula is C20H18FN3OS. The van der Waals surface area contributed by atoms with Gasteiger partial charge < -0.3 is 4.74 Å². The summed E-state index contributed by atoms with van der Waals surface area (Å²) in [5.74, 6) is 0.416. The van der Waals surface area contributed by atoms with Crippen LogP contribution >= 0.6 is 11.3 Å². The van der Waals surface area contributed by atoms with E-state index in [0.29, 0.717) is 0 Å². The van der Waals surface area contributed by atoms with Crippen molar-refractivity contribution in [3.63, 3.8) is 0 Å². The van der Waals surface area contributed by atoms with Gasteiger partial charge in [0.25, 0.3) is 0 Å². The number of aliphatic imine (C=N–C) groups is 1. The number of methoxy groups -OCH3 is 1. The minimum absolute atomic E-state index is 0.0109. The van der Waals surface area contributed by atoms with Crippen LogP contribution in [0.3, 0.4) is 0 Å². The summed E-state index contributed by atoms with van der Waals surface area (Å²) < 4.78 is 19.6. The van der Waals surface area contributed by atoms with Crippen LogP contribution in [0, 0.1) is 12.8 Å². The number of hydrogen-bond donors (Lipinski definition) is 0. The summed E-state index contributed by atoms with van der Waals surface area (Å²) in [5, 5.41) is 0.923. The first-order valence-corrected chi connectivity index (χ1v) is 9.20. The number of benzene rings is 1. The Hall–Kier alpha value is -2.60. The number of thiazole rings is 1. The van der Waals surface area contributed by atoms with Crippen molar-refractivity contribution in [3.8, 4) is 16.3 Å². The summed E-state index contributed by atoms with van der Waals surface area (Å²) in [5.41, 5.74) is 3.91. The normalized spacial score (nSPS) is 19.6. The van der Waals surface area contributed by atoms with E-state index in [9.17, 15) is 4.39 Å². The van der Waals surface area contributed by atoms with Gasteiger partial charge in [-0.05, 0) is 48.7 Å². The number of hydrogen-bond acceptors (Lipinski definition) is 5. The summed E-state index contributed by atoms with van der Waals surface area (Å²) in [6.07, 6.45) is 5.03. The predicted molar refractivity (Wildman–Crippen MR) is 104 cm³/mol. The lowest BCUT2D eigenvalue weighted by Gasteiger charge is -2.21. The molecule has 6 heteroatoms. The van der Waals surface area contributed by atoms with Crippen molar-refractivity contribution < 1.29 is 9.13 Å². The van der Waals surface area contributed by atoms with Crippen molar-refractivity contribution in [1.82, 2.24) is 9.97 Å². The molecule has 1 aliphatic rings. The molecule has 3 aromatic rings. The minimum atomic E-state index is -0.423. The number of pyridine rings is 1. The highest BCUT2D eigenvalue weighted by Gasteiger charge is 2.23. The van der Waals surface area contributed by atoms with Gasteiger partial charge in [0.2, 0.25) is 5.95 Å². The third-order valence-corrected chi connectivity index (χ3v) is 5.67. The second kappa shape index (κ2) is 6.61. The molecule has 0 amide bonds. The van der Waals surface area contributed by atoms with Crippen LogP contribution in [-0.4, -0.2) is 23.3 Å². The van der Waals surface area contributed by atoms with Crippen LogP contribution in [0.1, 0.15) is 24.1 Å². The van der Waals surface area contributed by atoms with Crippen molar-refractivity contribution in [2.75, 3.05) is 7.11 Å². The second-order valence-electron chi connectivity index (χ2n) is 6.43. The molecule has 2 aromatic heterocycles. The summed E-state index contributed by atoms with van der Waals surface area (Å²) in [6, 6.07) is 7.96. The predicted octanol–water partition coefficient (Wildman–Crippen LogP) is 5.29. The Labute approximate surface area is 155 Å². The molecule has 0 radical (unpaired) electrons. The first-order valence-electron chi connectivity index (χ1n) is 8.38. The van der Waals surface area contributed by atoms with Crippen LogP contribution in [0.25, 0.3) is 20.8 Å². The smallest absolute Gasteiger partial charge is 0.208 e. The lowest BCUT2D eigenvalue weighted by atomic mass is 9.88. The number of nitrogens with zero attached hydrogens (tertiary/aromatic N) is 3. The van der Waals surface area contributed by atoms with Crippen molar-refractivity contribution >= 4 is 27.8 Å². The van der Waals surface area contributed by atoms with Gasteiger partial charge in [0.05, 0.1) is 23.0 Å². The number of aryl methyl sites for hydroxylation is 1. The Kier molecular flexibility index (Phi) is 4.28. The van der Waals surface area contributed by atoms with Crippen molar-refractivity contribution in [2.24, 2.45) is 10.9 Å². The number of halogens is 1. The van der Waals surface area contributed by atoms with Gasteiger partial charge in [-0.1, -0.05) is 6.92 Å². The maximum absolute atomic E-state index is 13.3. The SMILES string of the molecule is COc1ccc2nc(-c3cnc(C4C=NC(F)=CC4C)c(C)c3)sc2c1. The van der Waals surface area contributed by atoms with E-state index in [1.54, 1.807) is 30.7 Å². The van der Waals surface area contributed by atoms with Crippen LogP contribution in [-0.2, 0) is 0 Å². The molecule has 4 nitrogen and oxygen atoms in total. The summed E-state index contributed by atoms with van der Waals surface area (Å²) in [7, 11) is 1.66. The molecule has 4 rings (SSSR count). The van der Waals surface area contributed by atoms with Crippen LogP contribution < -0.4 is 4.74 Å². The van der Waals surface area contributed by atoms with Crippen LogP contribution in [0.15, 0.2) is 47.5 Å². The van der Waals surface area contributed by atoms with E-state index in [2.05, 4.69) is 16.0 Å². The van der Waals surface area contributed by atoms with E-state index >= 15 is 0 Å². The van der Waals surface area contributed by atoms with Gasteiger partial charge in [0.15, 0.2) is 0 Å². The molecule has 132 valence electrons. The largest absolute Gasteiger partial charge is 0.497 e. The highest BCUT2D eigenvalue weighted by atomic mass is 32.1. The molecule has 0 aliphatic carbocycles. The lowest BCUT2D eigenvalue weighted by molar-refractivity contribution is 0.415.